The highest BCUT2D eigenvalue weighted by Crippen LogP contribution is 2.46. The van der Waals surface area contributed by atoms with Gasteiger partial charge in [0.05, 0.1) is 36.1 Å². The van der Waals surface area contributed by atoms with Crippen molar-refractivity contribution in [2.24, 2.45) is 0 Å². The summed E-state index contributed by atoms with van der Waals surface area (Å²) in [6.45, 7) is 7.34. The quantitative estimate of drug-likeness (QED) is 0.389. The lowest BCUT2D eigenvalue weighted by atomic mass is 10.0. The van der Waals surface area contributed by atoms with E-state index < -0.39 is 0 Å². The van der Waals surface area contributed by atoms with Gasteiger partial charge in [-0.05, 0) is 25.5 Å². The lowest BCUT2D eigenvalue weighted by Gasteiger charge is -2.39. The van der Waals surface area contributed by atoms with Crippen LogP contribution in [-0.4, -0.2) is 63.7 Å². The van der Waals surface area contributed by atoms with Crippen molar-refractivity contribution < 1.29 is 18.9 Å². The predicted octanol–water partition coefficient (Wildman–Crippen LogP) is 5.47. The van der Waals surface area contributed by atoms with Crippen LogP contribution in [0.4, 0.5) is 11.6 Å². The third-order valence-electron chi connectivity index (χ3n) is 5.58. The molecule has 1 saturated heterocycles. The first-order chi connectivity index (χ1) is 16.9. The minimum absolute atomic E-state index is 0.166. The Labute approximate surface area is 216 Å². The molecule has 1 fully saturated rings. The number of anilines is 2. The summed E-state index contributed by atoms with van der Waals surface area (Å²) in [6.07, 6.45) is 3.01. The van der Waals surface area contributed by atoms with Crippen LogP contribution in [0, 0.1) is 0 Å². The summed E-state index contributed by atoms with van der Waals surface area (Å²) in [5, 5.41) is 2.49. The first-order valence-electron chi connectivity index (χ1n) is 11.4. The average molecular weight is 523 g/mol. The van der Waals surface area contributed by atoms with Gasteiger partial charge in [0, 0.05) is 62.0 Å². The van der Waals surface area contributed by atoms with E-state index in [2.05, 4.69) is 16.8 Å². The second-order valence-electron chi connectivity index (χ2n) is 7.91. The number of aromatic nitrogens is 2. The number of methoxy groups -OCH3 is 3. The summed E-state index contributed by atoms with van der Waals surface area (Å²) < 4.78 is 21.2. The maximum Gasteiger partial charge on any atom is 0.141 e. The number of hydrogen-bond donors (Lipinski definition) is 1. The lowest BCUT2D eigenvalue weighted by molar-refractivity contribution is 0.0785. The van der Waals surface area contributed by atoms with Crippen molar-refractivity contribution in [1.29, 1.82) is 0 Å². The fourth-order valence-corrected chi connectivity index (χ4v) is 4.37. The zero-order chi connectivity index (χ0) is 25.5. The molecule has 35 heavy (non-hydrogen) atoms. The number of nitrogens with zero attached hydrogens (tertiary/aromatic N) is 3. The van der Waals surface area contributed by atoms with Crippen molar-refractivity contribution in [3.05, 3.63) is 34.4 Å². The van der Waals surface area contributed by atoms with Gasteiger partial charge in [-0.1, -0.05) is 30.1 Å². The van der Waals surface area contributed by atoms with E-state index in [9.17, 15) is 0 Å². The third-order valence-corrected chi connectivity index (χ3v) is 6.33. The molecule has 1 aromatic carbocycles. The van der Waals surface area contributed by atoms with Crippen LogP contribution < -0.4 is 20.1 Å². The number of pyridine rings is 2. The number of halogens is 2. The molecule has 4 rings (SSSR count). The Morgan fingerprint density at radius 1 is 1.03 bits per heavy atom. The molecule has 10 heteroatoms. The molecule has 0 bridgehead atoms. The molecule has 2 aromatic heterocycles. The second-order valence-corrected chi connectivity index (χ2v) is 8.66. The van der Waals surface area contributed by atoms with E-state index >= 15 is 0 Å². The molecule has 0 saturated carbocycles. The molecule has 0 aliphatic carbocycles. The molecule has 8 nitrogen and oxygen atoms in total. The second kappa shape index (κ2) is 12.4. The van der Waals surface area contributed by atoms with E-state index in [1.165, 1.54) is 14.2 Å². The normalized spacial score (nSPS) is 13.3. The van der Waals surface area contributed by atoms with Crippen molar-refractivity contribution in [3.63, 3.8) is 0 Å². The van der Waals surface area contributed by atoms with Gasteiger partial charge in [0.2, 0.25) is 0 Å². The summed E-state index contributed by atoms with van der Waals surface area (Å²) in [5.74, 6) is 2.10. The van der Waals surface area contributed by atoms with Gasteiger partial charge in [-0.2, -0.15) is 0 Å². The van der Waals surface area contributed by atoms with Crippen LogP contribution >= 0.6 is 23.2 Å². The van der Waals surface area contributed by atoms with Crippen molar-refractivity contribution >= 4 is 45.6 Å². The Hall–Kier alpha value is -2.52. The zero-order valence-electron chi connectivity index (χ0n) is 20.7. The van der Waals surface area contributed by atoms with Gasteiger partial charge in [0.25, 0.3) is 0 Å². The number of fused-ring (bicyclic) bond motifs is 1. The van der Waals surface area contributed by atoms with Gasteiger partial charge in [-0.15, -0.1) is 0 Å². The molecule has 0 amide bonds. The third kappa shape index (κ3) is 6.01. The highest BCUT2D eigenvalue weighted by Gasteiger charge is 2.30. The molecule has 190 valence electrons. The zero-order valence-corrected chi connectivity index (χ0v) is 22.2. The van der Waals surface area contributed by atoms with Gasteiger partial charge in [-0.25, -0.2) is 9.97 Å². The molecular formula is C25H32Cl2N4O4. The standard InChI is InChI=1S/C20H20Cl2N4O3.C5H12O/c1-27-11-8-26(9-11)20-12-5-16(23)24-7-10(12)4-13(25-20)17-18(21)14(28-2)6-15(29-3)19(17)22;1-3-5-6-4-2/h4-7,11H,8-9H2,1-3H3,(H2,23,24);3-5H2,1-2H3. The largest absolute Gasteiger partial charge is 0.495 e. The molecule has 3 heterocycles. The molecule has 2 N–H and O–H groups in total. The van der Waals surface area contributed by atoms with Crippen molar-refractivity contribution in [3.8, 4) is 22.8 Å². The van der Waals surface area contributed by atoms with E-state index in [1.807, 2.05) is 19.1 Å². The number of ether oxygens (including phenoxy) is 4. The Bertz CT molecular complexity index is 1120. The topological polar surface area (TPSA) is 92.0 Å². The van der Waals surface area contributed by atoms with Crippen LogP contribution in [0.25, 0.3) is 22.0 Å². The molecule has 3 aromatic rings. The Morgan fingerprint density at radius 3 is 2.20 bits per heavy atom. The minimum atomic E-state index is 0.166. The molecule has 0 spiro atoms. The van der Waals surface area contributed by atoms with Crippen molar-refractivity contribution in [2.75, 3.05) is 58.3 Å². The van der Waals surface area contributed by atoms with Gasteiger partial charge < -0.3 is 29.6 Å². The van der Waals surface area contributed by atoms with E-state index in [0.29, 0.717) is 38.6 Å². The van der Waals surface area contributed by atoms with Crippen LogP contribution in [0.15, 0.2) is 24.4 Å². The summed E-state index contributed by atoms with van der Waals surface area (Å²) >= 11 is 13.2. The van der Waals surface area contributed by atoms with E-state index in [0.717, 1.165) is 49.3 Å². The fourth-order valence-electron chi connectivity index (χ4n) is 3.67. The molecular weight excluding hydrogens is 491 g/mol. The van der Waals surface area contributed by atoms with E-state index in [1.54, 1.807) is 19.4 Å². The van der Waals surface area contributed by atoms with Crippen LogP contribution in [0.1, 0.15) is 20.3 Å². The highest BCUT2D eigenvalue weighted by molar-refractivity contribution is 6.41. The monoisotopic (exact) mass is 522 g/mol. The SMILES string of the molecule is CCCOCC.COc1cc(OC)c(Cl)c(-c2cc3cnc(N)cc3c(N3CC(OC)C3)n2)c1Cl. The first kappa shape index (κ1) is 27.1. The van der Waals surface area contributed by atoms with Gasteiger partial charge in [0.15, 0.2) is 0 Å². The average Bonchev–Trinajstić information content (AvgIpc) is 2.83. The molecule has 0 radical (unpaired) electrons. The van der Waals surface area contributed by atoms with Crippen LogP contribution in [0.5, 0.6) is 11.5 Å². The number of rotatable bonds is 8. The smallest absolute Gasteiger partial charge is 0.141 e. The molecule has 1 aliphatic rings. The Kier molecular flexibility index (Phi) is 9.63. The molecule has 0 unspecified atom stereocenters. The van der Waals surface area contributed by atoms with Gasteiger partial charge in [-0.3, -0.25) is 0 Å². The van der Waals surface area contributed by atoms with E-state index in [4.69, 9.17) is 52.9 Å². The summed E-state index contributed by atoms with van der Waals surface area (Å²) in [6, 6.07) is 5.35. The molecule has 0 atom stereocenters. The number of hydrogen-bond acceptors (Lipinski definition) is 8. The fraction of sp³-hybridized carbons (Fsp3) is 0.440. The number of nitrogen functional groups attached to an aromatic ring is 1. The van der Waals surface area contributed by atoms with Gasteiger partial charge in [0.1, 0.15) is 23.1 Å². The summed E-state index contributed by atoms with van der Waals surface area (Å²) in [5.41, 5.74) is 7.05. The van der Waals surface area contributed by atoms with Crippen molar-refractivity contribution in [2.45, 2.75) is 26.4 Å². The van der Waals surface area contributed by atoms with Crippen LogP contribution in [0.2, 0.25) is 10.0 Å². The predicted molar refractivity (Wildman–Crippen MR) is 142 cm³/mol. The highest BCUT2D eigenvalue weighted by atomic mass is 35.5. The first-order valence-corrected chi connectivity index (χ1v) is 12.2. The van der Waals surface area contributed by atoms with E-state index in [-0.39, 0.29) is 6.10 Å². The number of nitrogens with two attached hydrogens (primary N) is 1. The Morgan fingerprint density at radius 2 is 1.69 bits per heavy atom. The summed E-state index contributed by atoms with van der Waals surface area (Å²) in [4.78, 5) is 11.2. The molecule has 1 aliphatic heterocycles. The Balaban J connectivity index is 0.000000509. The van der Waals surface area contributed by atoms with Crippen LogP contribution in [-0.2, 0) is 9.47 Å². The van der Waals surface area contributed by atoms with Gasteiger partial charge >= 0.3 is 0 Å². The lowest BCUT2D eigenvalue weighted by Crippen LogP contribution is -2.52. The maximum absolute atomic E-state index is 6.61. The van der Waals surface area contributed by atoms with Crippen LogP contribution in [0.3, 0.4) is 0 Å². The minimum Gasteiger partial charge on any atom is -0.495 e. The van der Waals surface area contributed by atoms with Crippen molar-refractivity contribution in [1.82, 2.24) is 9.97 Å². The maximum atomic E-state index is 6.61. The number of benzene rings is 1. The summed E-state index contributed by atoms with van der Waals surface area (Å²) in [7, 11) is 4.78.